The number of pyridine rings is 1. The summed E-state index contributed by atoms with van der Waals surface area (Å²) < 4.78 is 5.01. The van der Waals surface area contributed by atoms with Crippen LogP contribution in [-0.2, 0) is 4.79 Å². The molecular formula is C11H16N2NaO4. The van der Waals surface area contributed by atoms with Crippen molar-refractivity contribution < 1.29 is 19.7 Å². The summed E-state index contributed by atoms with van der Waals surface area (Å²) in [6, 6.07) is 3.27. The number of hydrogen-bond acceptors (Lipinski definition) is 6. The molecule has 1 radical (unpaired) electrons. The Morgan fingerprint density at radius 3 is 2.50 bits per heavy atom. The monoisotopic (exact) mass is 263 g/mol. The minimum atomic E-state index is -0.438. The molecule has 0 saturated carbocycles. The number of rotatable bonds is 6. The van der Waals surface area contributed by atoms with Crippen molar-refractivity contribution in [2.24, 2.45) is 0 Å². The van der Waals surface area contributed by atoms with E-state index in [4.69, 9.17) is 14.9 Å². The maximum absolute atomic E-state index is 10.9. The molecule has 0 bridgehead atoms. The molecule has 18 heavy (non-hydrogen) atoms. The molecule has 0 aliphatic rings. The van der Waals surface area contributed by atoms with Gasteiger partial charge in [-0.2, -0.15) is 0 Å². The summed E-state index contributed by atoms with van der Waals surface area (Å²) in [4.78, 5) is 16.7. The van der Waals surface area contributed by atoms with Gasteiger partial charge in [0.1, 0.15) is 0 Å². The van der Waals surface area contributed by atoms with Crippen molar-refractivity contribution in [2.45, 2.75) is 6.92 Å². The molecule has 95 valence electrons. The van der Waals surface area contributed by atoms with Crippen molar-refractivity contribution in [2.75, 3.05) is 31.2 Å². The molecule has 0 unspecified atom stereocenters. The van der Waals surface area contributed by atoms with Gasteiger partial charge in [-0.25, -0.2) is 4.98 Å². The first-order chi connectivity index (χ1) is 8.19. The van der Waals surface area contributed by atoms with Gasteiger partial charge in [0, 0.05) is 55.8 Å². The van der Waals surface area contributed by atoms with Crippen LogP contribution in [0.4, 0.5) is 5.82 Å². The first-order valence-corrected chi connectivity index (χ1v) is 5.29. The van der Waals surface area contributed by atoms with Gasteiger partial charge in [-0.1, -0.05) is 0 Å². The van der Waals surface area contributed by atoms with Crippen LogP contribution < -0.4 is 9.64 Å². The largest absolute Gasteiger partial charge is 0.423 e. The Balaban J connectivity index is 0.00000289. The Morgan fingerprint density at radius 2 is 2.00 bits per heavy atom. The van der Waals surface area contributed by atoms with E-state index >= 15 is 0 Å². The van der Waals surface area contributed by atoms with E-state index in [2.05, 4.69) is 4.98 Å². The average Bonchev–Trinajstić information content (AvgIpc) is 2.29. The minimum Gasteiger partial charge on any atom is -0.423 e. The molecule has 7 heteroatoms. The quantitative estimate of drug-likeness (QED) is 0.527. The molecule has 0 aromatic carbocycles. The molecule has 1 rings (SSSR count). The number of carbonyl (C=O) groups excluding carboxylic acids is 1. The van der Waals surface area contributed by atoms with Crippen molar-refractivity contribution in [3.8, 4) is 5.75 Å². The summed E-state index contributed by atoms with van der Waals surface area (Å²) in [6.07, 6.45) is 1.56. The smallest absolute Gasteiger partial charge is 0.308 e. The predicted octanol–water partition coefficient (Wildman–Crippen LogP) is -0.583. The first kappa shape index (κ1) is 17.3. The number of aromatic nitrogens is 1. The molecule has 6 nitrogen and oxygen atoms in total. The number of aliphatic hydroxyl groups excluding tert-OH is 2. The second-order valence-corrected chi connectivity index (χ2v) is 3.35. The van der Waals surface area contributed by atoms with Crippen LogP contribution in [0.2, 0.25) is 0 Å². The number of nitrogens with zero attached hydrogens (tertiary/aromatic N) is 2. The molecule has 0 aliphatic carbocycles. The molecule has 1 aromatic heterocycles. The maximum atomic E-state index is 10.9. The fourth-order valence-corrected chi connectivity index (χ4v) is 1.42. The number of ether oxygens (including phenoxy) is 1. The topological polar surface area (TPSA) is 82.9 Å². The van der Waals surface area contributed by atoms with Crippen molar-refractivity contribution >= 4 is 41.3 Å². The van der Waals surface area contributed by atoms with Crippen LogP contribution in [0.15, 0.2) is 18.3 Å². The summed E-state index contributed by atoms with van der Waals surface area (Å²) in [7, 11) is 0. The number of esters is 1. The molecular weight excluding hydrogens is 247 g/mol. The number of hydrogen-bond donors (Lipinski definition) is 2. The van der Waals surface area contributed by atoms with E-state index in [9.17, 15) is 4.79 Å². The van der Waals surface area contributed by atoms with Crippen LogP contribution in [0.1, 0.15) is 6.92 Å². The van der Waals surface area contributed by atoms with E-state index in [1.165, 1.54) is 6.92 Å². The summed E-state index contributed by atoms with van der Waals surface area (Å²) in [5.41, 5.74) is 0. The Kier molecular flexibility index (Phi) is 8.95. The van der Waals surface area contributed by atoms with Crippen LogP contribution in [-0.4, -0.2) is 77.0 Å². The zero-order valence-electron chi connectivity index (χ0n) is 10.7. The molecule has 0 amide bonds. The molecule has 1 heterocycles. The van der Waals surface area contributed by atoms with Crippen molar-refractivity contribution in [3.63, 3.8) is 0 Å². The van der Waals surface area contributed by atoms with Crippen molar-refractivity contribution in [1.82, 2.24) is 4.98 Å². The van der Waals surface area contributed by atoms with Crippen molar-refractivity contribution in [1.29, 1.82) is 0 Å². The molecule has 0 aliphatic heterocycles. The van der Waals surface area contributed by atoms with Gasteiger partial charge in [0.05, 0.1) is 13.2 Å². The number of aliphatic hydroxyl groups is 2. The van der Waals surface area contributed by atoms with Gasteiger partial charge < -0.3 is 19.8 Å². The van der Waals surface area contributed by atoms with Crippen molar-refractivity contribution in [3.05, 3.63) is 18.3 Å². The number of anilines is 1. The Hall–Kier alpha value is -0.660. The first-order valence-electron chi connectivity index (χ1n) is 5.29. The SMILES string of the molecule is CC(=O)Oc1cccnc1N(CCO)CCO.[Na]. The summed E-state index contributed by atoms with van der Waals surface area (Å²) in [5, 5.41) is 17.9. The second-order valence-electron chi connectivity index (χ2n) is 3.35. The Morgan fingerprint density at radius 1 is 1.39 bits per heavy atom. The van der Waals surface area contributed by atoms with Gasteiger partial charge >= 0.3 is 5.97 Å². The molecule has 0 atom stereocenters. The number of carbonyl (C=O) groups is 1. The third-order valence-corrected chi connectivity index (χ3v) is 2.04. The third kappa shape index (κ3) is 5.32. The van der Waals surface area contributed by atoms with E-state index in [1.54, 1.807) is 23.2 Å². The van der Waals surface area contributed by atoms with E-state index in [-0.39, 0.29) is 42.8 Å². The van der Waals surface area contributed by atoms with Crippen LogP contribution in [0.25, 0.3) is 0 Å². The molecule has 2 N–H and O–H groups in total. The van der Waals surface area contributed by atoms with E-state index in [0.717, 1.165) is 0 Å². The predicted molar refractivity (Wildman–Crippen MR) is 67.7 cm³/mol. The van der Waals surface area contributed by atoms with Gasteiger partial charge in [-0.15, -0.1) is 0 Å². The van der Waals surface area contributed by atoms with Gasteiger partial charge in [0.15, 0.2) is 11.6 Å². The van der Waals surface area contributed by atoms with Crippen LogP contribution >= 0.6 is 0 Å². The summed E-state index contributed by atoms with van der Waals surface area (Å²) >= 11 is 0. The summed E-state index contributed by atoms with van der Waals surface area (Å²) in [6.45, 7) is 1.78. The van der Waals surface area contributed by atoms with Gasteiger partial charge in [-0.05, 0) is 12.1 Å². The molecule has 0 saturated heterocycles. The Bertz CT molecular complexity index is 370. The maximum Gasteiger partial charge on any atom is 0.308 e. The fraction of sp³-hybridized carbons (Fsp3) is 0.455. The Labute approximate surface area is 128 Å². The summed E-state index contributed by atoms with van der Waals surface area (Å²) in [5.74, 6) is 0.319. The molecule has 0 spiro atoms. The van der Waals surface area contributed by atoms with Gasteiger partial charge in [-0.3, -0.25) is 4.79 Å². The van der Waals surface area contributed by atoms with Gasteiger partial charge in [0.2, 0.25) is 0 Å². The standard InChI is InChI=1S/C11H16N2O4.Na/c1-9(16)17-10-3-2-4-12-11(10)13(5-7-14)6-8-15;/h2-4,14-15H,5-8H2,1H3;. The average molecular weight is 263 g/mol. The zero-order chi connectivity index (χ0) is 12.7. The van der Waals surface area contributed by atoms with Crippen LogP contribution in [0.5, 0.6) is 5.75 Å². The normalized spacial score (nSPS) is 9.50. The van der Waals surface area contributed by atoms with Crippen LogP contribution in [0.3, 0.4) is 0 Å². The van der Waals surface area contributed by atoms with E-state index in [0.29, 0.717) is 24.7 Å². The van der Waals surface area contributed by atoms with E-state index in [1.807, 2.05) is 0 Å². The zero-order valence-corrected chi connectivity index (χ0v) is 12.7. The molecule has 1 aromatic rings. The second kappa shape index (κ2) is 9.29. The fourth-order valence-electron chi connectivity index (χ4n) is 1.42. The minimum absolute atomic E-state index is 0. The molecule has 0 fully saturated rings. The van der Waals surface area contributed by atoms with Crippen LogP contribution in [0, 0.1) is 0 Å². The third-order valence-electron chi connectivity index (χ3n) is 2.04. The van der Waals surface area contributed by atoms with Gasteiger partial charge in [0.25, 0.3) is 0 Å². The van der Waals surface area contributed by atoms with E-state index < -0.39 is 5.97 Å².